The van der Waals surface area contributed by atoms with Gasteiger partial charge in [0.15, 0.2) is 0 Å². The molecule has 0 radical (unpaired) electrons. The minimum absolute atomic E-state index is 0.101. The maximum atomic E-state index is 12.8. The highest BCUT2D eigenvalue weighted by Gasteiger charge is 2.26. The molecule has 3 nitrogen and oxygen atoms in total. The van der Waals surface area contributed by atoms with E-state index >= 15 is 0 Å². The van der Waals surface area contributed by atoms with Gasteiger partial charge in [0.1, 0.15) is 11.6 Å². The second-order valence-electron chi connectivity index (χ2n) is 4.71. The van der Waals surface area contributed by atoms with Crippen LogP contribution in [0.25, 0.3) is 0 Å². The van der Waals surface area contributed by atoms with Crippen LogP contribution >= 0.6 is 22.3 Å². The van der Waals surface area contributed by atoms with Crippen LogP contribution in [0.15, 0.2) is 18.2 Å². The van der Waals surface area contributed by atoms with Crippen molar-refractivity contribution in [3.63, 3.8) is 0 Å². The average molecular weight is 315 g/mol. The summed E-state index contributed by atoms with van der Waals surface area (Å²) >= 11 is 5.78. The third-order valence-corrected chi connectivity index (χ3v) is 3.82. The molecule has 0 amide bonds. The van der Waals surface area contributed by atoms with Crippen LogP contribution in [0.4, 0.5) is 4.39 Å². The van der Waals surface area contributed by atoms with E-state index in [-0.39, 0.29) is 17.4 Å². The van der Waals surface area contributed by atoms with Gasteiger partial charge in [-0.1, -0.05) is 25.4 Å². The third-order valence-electron chi connectivity index (χ3n) is 2.08. The number of hydrogen-bond acceptors (Lipinski definition) is 3. The van der Waals surface area contributed by atoms with Gasteiger partial charge in [-0.25, -0.2) is 12.8 Å². The lowest BCUT2D eigenvalue weighted by molar-refractivity contribution is 0.200. The van der Waals surface area contributed by atoms with Crippen LogP contribution in [-0.4, -0.2) is 20.8 Å². The van der Waals surface area contributed by atoms with E-state index in [0.29, 0.717) is 5.75 Å². The predicted molar refractivity (Wildman–Crippen MR) is 70.3 cm³/mol. The summed E-state index contributed by atoms with van der Waals surface area (Å²) in [4.78, 5) is 0. The zero-order valence-corrected chi connectivity index (χ0v) is 12.2. The van der Waals surface area contributed by atoms with E-state index in [2.05, 4.69) is 0 Å². The van der Waals surface area contributed by atoms with E-state index in [1.54, 1.807) is 13.8 Å². The van der Waals surface area contributed by atoms with Gasteiger partial charge in [-0.3, -0.25) is 0 Å². The van der Waals surface area contributed by atoms with Crippen molar-refractivity contribution >= 4 is 31.3 Å². The quantitative estimate of drug-likeness (QED) is 0.782. The van der Waals surface area contributed by atoms with Crippen LogP contribution < -0.4 is 4.74 Å². The van der Waals surface area contributed by atoms with Gasteiger partial charge >= 0.3 is 0 Å². The van der Waals surface area contributed by atoms with Crippen LogP contribution in [-0.2, 0) is 9.05 Å². The fourth-order valence-corrected chi connectivity index (χ4v) is 3.50. The topological polar surface area (TPSA) is 43.4 Å². The zero-order chi connectivity index (χ0) is 14.0. The normalized spacial score (nSPS) is 12.5. The van der Waals surface area contributed by atoms with E-state index in [1.807, 2.05) is 0 Å². The first kappa shape index (κ1) is 15.5. The van der Waals surface area contributed by atoms with Crippen molar-refractivity contribution in [3.8, 4) is 5.75 Å². The van der Waals surface area contributed by atoms with E-state index in [9.17, 15) is 12.8 Å². The molecule has 0 saturated carbocycles. The Morgan fingerprint density at radius 2 is 2.00 bits per heavy atom. The highest BCUT2D eigenvalue weighted by Crippen LogP contribution is 2.28. The fraction of sp³-hybridized carbons (Fsp3) is 0.455. The van der Waals surface area contributed by atoms with Gasteiger partial charge in [0.05, 0.1) is 17.4 Å². The molecule has 0 unspecified atom stereocenters. The van der Waals surface area contributed by atoms with Crippen LogP contribution in [0, 0.1) is 11.2 Å². The molecule has 7 heteroatoms. The van der Waals surface area contributed by atoms with Crippen molar-refractivity contribution in [1.82, 2.24) is 0 Å². The van der Waals surface area contributed by atoms with Crippen molar-refractivity contribution in [2.45, 2.75) is 13.8 Å². The van der Waals surface area contributed by atoms with E-state index in [4.69, 9.17) is 27.0 Å². The lowest BCUT2D eigenvalue weighted by Crippen LogP contribution is -2.28. The van der Waals surface area contributed by atoms with Gasteiger partial charge in [-0.15, -0.1) is 0 Å². The summed E-state index contributed by atoms with van der Waals surface area (Å²) < 4.78 is 40.2. The summed E-state index contributed by atoms with van der Waals surface area (Å²) in [5, 5.41) is 0.138. The molecular weight excluding hydrogens is 302 g/mol. The van der Waals surface area contributed by atoms with Crippen LogP contribution in [0.5, 0.6) is 5.75 Å². The molecule has 1 aromatic carbocycles. The van der Waals surface area contributed by atoms with Crippen molar-refractivity contribution in [2.24, 2.45) is 5.41 Å². The molecule has 0 spiro atoms. The van der Waals surface area contributed by atoms with Gasteiger partial charge < -0.3 is 4.74 Å². The molecule has 0 fully saturated rings. The zero-order valence-electron chi connectivity index (χ0n) is 9.91. The summed E-state index contributed by atoms with van der Waals surface area (Å²) in [7, 11) is 1.59. The largest absolute Gasteiger partial charge is 0.491 e. The fourth-order valence-electron chi connectivity index (χ4n) is 1.37. The van der Waals surface area contributed by atoms with Gasteiger partial charge in [-0.2, -0.15) is 0 Å². The second-order valence-corrected chi connectivity index (χ2v) is 7.89. The number of ether oxygens (including phenoxy) is 1. The number of halogens is 3. The molecule has 0 aromatic heterocycles. The summed E-state index contributed by atoms with van der Waals surface area (Å²) in [5.41, 5.74) is -0.668. The Morgan fingerprint density at radius 1 is 1.39 bits per heavy atom. The Bertz CT molecular complexity index is 529. The highest BCUT2D eigenvalue weighted by molar-refractivity contribution is 8.13. The van der Waals surface area contributed by atoms with Crippen LogP contribution in [0.1, 0.15) is 13.8 Å². The Balaban J connectivity index is 2.70. The Kier molecular flexibility index (Phi) is 4.86. The van der Waals surface area contributed by atoms with Crippen molar-refractivity contribution in [3.05, 3.63) is 29.0 Å². The molecule has 0 aliphatic heterocycles. The Labute approximate surface area is 115 Å². The first-order chi connectivity index (χ1) is 8.09. The monoisotopic (exact) mass is 314 g/mol. The minimum atomic E-state index is -3.60. The van der Waals surface area contributed by atoms with Crippen molar-refractivity contribution in [2.75, 3.05) is 12.4 Å². The predicted octanol–water partition coefficient (Wildman–Crippen LogP) is 3.45. The van der Waals surface area contributed by atoms with E-state index in [0.717, 1.165) is 6.07 Å². The van der Waals surface area contributed by atoms with E-state index < -0.39 is 20.3 Å². The lowest BCUT2D eigenvalue weighted by atomic mass is 9.98. The Hall–Kier alpha value is -0.520. The Morgan fingerprint density at radius 3 is 2.50 bits per heavy atom. The molecule has 0 N–H and O–H groups in total. The summed E-state index contributed by atoms with van der Waals surface area (Å²) in [6, 6.07) is 3.73. The van der Waals surface area contributed by atoms with Crippen molar-refractivity contribution in [1.29, 1.82) is 0 Å². The minimum Gasteiger partial charge on any atom is -0.491 e. The first-order valence-corrected chi connectivity index (χ1v) is 7.95. The molecule has 1 rings (SSSR count). The molecule has 0 saturated heterocycles. The molecule has 18 heavy (non-hydrogen) atoms. The number of hydrogen-bond donors (Lipinski definition) is 0. The summed E-state index contributed by atoms with van der Waals surface area (Å²) in [6.07, 6.45) is 0. The summed E-state index contributed by atoms with van der Waals surface area (Å²) in [5.74, 6) is -0.381. The maximum Gasteiger partial charge on any atom is 0.233 e. The molecule has 102 valence electrons. The highest BCUT2D eigenvalue weighted by atomic mass is 35.7. The maximum absolute atomic E-state index is 12.8. The smallest absolute Gasteiger partial charge is 0.233 e. The van der Waals surface area contributed by atoms with Gasteiger partial charge in [-0.05, 0) is 18.2 Å². The lowest BCUT2D eigenvalue weighted by Gasteiger charge is -2.23. The molecule has 0 bridgehead atoms. The van der Waals surface area contributed by atoms with Gasteiger partial charge in [0.25, 0.3) is 0 Å². The standard InChI is InChI=1S/C11H13Cl2FO3S/c1-11(2,7-18(13,15)16)6-17-10-4-3-8(14)5-9(10)12/h3-5H,6-7H2,1-2H3. The molecule has 1 aromatic rings. The van der Waals surface area contributed by atoms with Crippen LogP contribution in [0.3, 0.4) is 0 Å². The molecule has 0 aliphatic rings. The second kappa shape index (κ2) is 5.63. The molecule has 0 heterocycles. The third kappa shape index (κ3) is 5.42. The first-order valence-electron chi connectivity index (χ1n) is 5.09. The van der Waals surface area contributed by atoms with Crippen molar-refractivity contribution < 1.29 is 17.5 Å². The van der Waals surface area contributed by atoms with E-state index in [1.165, 1.54) is 12.1 Å². The molecular formula is C11H13Cl2FO3S. The average Bonchev–Trinajstić information content (AvgIpc) is 2.12. The summed E-state index contributed by atoms with van der Waals surface area (Å²) in [6.45, 7) is 3.50. The van der Waals surface area contributed by atoms with Gasteiger partial charge in [0, 0.05) is 16.1 Å². The van der Waals surface area contributed by atoms with Crippen LogP contribution in [0.2, 0.25) is 5.02 Å². The SMILES string of the molecule is CC(C)(COc1ccc(F)cc1Cl)CS(=O)(=O)Cl. The van der Waals surface area contributed by atoms with Gasteiger partial charge in [0.2, 0.25) is 9.05 Å². The number of rotatable bonds is 5. The number of benzene rings is 1. The molecule has 0 atom stereocenters. The molecule has 0 aliphatic carbocycles.